The van der Waals surface area contributed by atoms with Crippen LogP contribution in [0.15, 0.2) is 24.3 Å². The van der Waals surface area contributed by atoms with Crippen molar-refractivity contribution in [3.63, 3.8) is 0 Å². The summed E-state index contributed by atoms with van der Waals surface area (Å²) in [6.07, 6.45) is 7.83. The molecule has 0 aromatic carbocycles. The minimum Gasteiger partial charge on any atom is -0.355 e. The van der Waals surface area contributed by atoms with Crippen molar-refractivity contribution in [2.45, 2.75) is 53.4 Å². The molecular weight excluding hydrogens is 392 g/mol. The Balaban J connectivity index is 1.99. The normalized spacial score (nSPS) is 12.1. The fraction of sp³-hybridized carbons (Fsp3) is 0.286. The Labute approximate surface area is 188 Å². The SMILES string of the molecule is CCc1c2nc(c(CC)c3ccc([nH]3)c(CC)c3nc(c(CC)c4ccc1[nH]4)C=C3)C#C2. The number of nitrogens with zero attached hydrogens (tertiary/aromatic N) is 2. The Morgan fingerprint density at radius 1 is 0.562 bits per heavy atom. The average molecular weight is 421 g/mol. The minimum atomic E-state index is 0.865. The van der Waals surface area contributed by atoms with Gasteiger partial charge in [0, 0.05) is 44.3 Å². The summed E-state index contributed by atoms with van der Waals surface area (Å²) in [7, 11) is 0. The van der Waals surface area contributed by atoms with Crippen LogP contribution in [0, 0.1) is 11.8 Å². The van der Waals surface area contributed by atoms with Crippen molar-refractivity contribution in [2.75, 3.05) is 0 Å². The zero-order chi connectivity index (χ0) is 22.2. The maximum atomic E-state index is 5.05. The van der Waals surface area contributed by atoms with Gasteiger partial charge in [-0.2, -0.15) is 0 Å². The first-order chi connectivity index (χ1) is 15.7. The van der Waals surface area contributed by atoms with Gasteiger partial charge in [0.15, 0.2) is 0 Å². The summed E-state index contributed by atoms with van der Waals surface area (Å²) in [5, 5.41) is 0. The van der Waals surface area contributed by atoms with Crippen molar-refractivity contribution in [2.24, 2.45) is 0 Å². The number of nitrogens with one attached hydrogen (secondary N) is 2. The maximum absolute atomic E-state index is 5.05. The molecule has 4 nitrogen and oxygen atoms in total. The van der Waals surface area contributed by atoms with E-state index < -0.39 is 0 Å². The summed E-state index contributed by atoms with van der Waals surface area (Å²) in [4.78, 5) is 17.3. The van der Waals surface area contributed by atoms with Crippen LogP contribution >= 0.6 is 0 Å². The van der Waals surface area contributed by atoms with Crippen LogP contribution in [0.4, 0.5) is 0 Å². The first-order valence-electron chi connectivity index (χ1n) is 11.6. The van der Waals surface area contributed by atoms with Gasteiger partial charge in [-0.25, -0.2) is 9.97 Å². The standard InChI is InChI=1S/C28H28N4/c1-5-17-21-9-11-23(29-21)18(6-2)25-13-15-27(31-25)20(8-4)28-16-14-26(32-28)19(7-3)24-12-10-22(17)30-24/h9-13,15,30-31H,5-8H2,1-4H3. The predicted octanol–water partition coefficient (Wildman–Crippen LogP) is 6.13. The number of aromatic nitrogens is 4. The van der Waals surface area contributed by atoms with Gasteiger partial charge in [-0.15, -0.1) is 0 Å². The Morgan fingerprint density at radius 3 is 1.31 bits per heavy atom. The second-order valence-electron chi connectivity index (χ2n) is 8.17. The molecule has 0 saturated heterocycles. The molecule has 2 aliphatic rings. The quantitative estimate of drug-likeness (QED) is 0.343. The molecule has 3 aromatic heterocycles. The van der Waals surface area contributed by atoms with Crippen LogP contribution in [0.3, 0.4) is 0 Å². The van der Waals surface area contributed by atoms with Gasteiger partial charge in [-0.1, -0.05) is 27.7 Å². The van der Waals surface area contributed by atoms with Gasteiger partial charge < -0.3 is 9.97 Å². The Morgan fingerprint density at radius 2 is 0.938 bits per heavy atom. The fourth-order valence-corrected chi connectivity index (χ4v) is 4.75. The molecule has 160 valence electrons. The van der Waals surface area contributed by atoms with Gasteiger partial charge in [0.1, 0.15) is 11.4 Å². The summed E-state index contributed by atoms with van der Waals surface area (Å²) >= 11 is 0. The van der Waals surface area contributed by atoms with Gasteiger partial charge in [-0.05, 0) is 73.9 Å². The van der Waals surface area contributed by atoms with Crippen molar-refractivity contribution in [3.05, 3.63) is 69.3 Å². The number of hydrogen-bond acceptors (Lipinski definition) is 2. The molecule has 0 fully saturated rings. The Hall–Kier alpha value is -3.58. The second-order valence-corrected chi connectivity index (χ2v) is 8.17. The molecule has 0 radical (unpaired) electrons. The van der Waals surface area contributed by atoms with E-state index >= 15 is 0 Å². The molecule has 0 unspecified atom stereocenters. The highest BCUT2D eigenvalue weighted by molar-refractivity contribution is 5.80. The largest absolute Gasteiger partial charge is 0.355 e. The smallest absolute Gasteiger partial charge is 0.120 e. The summed E-state index contributed by atoms with van der Waals surface area (Å²) in [6, 6.07) is 8.63. The number of fused-ring (bicyclic) bond motifs is 8. The van der Waals surface area contributed by atoms with Crippen LogP contribution in [-0.2, 0) is 25.7 Å². The van der Waals surface area contributed by atoms with Gasteiger partial charge >= 0.3 is 0 Å². The third-order valence-electron chi connectivity index (χ3n) is 6.44. The molecule has 2 aliphatic heterocycles. The zero-order valence-electron chi connectivity index (χ0n) is 19.2. The molecule has 2 N–H and O–H groups in total. The van der Waals surface area contributed by atoms with E-state index in [0.29, 0.717) is 0 Å². The number of hydrogen-bond donors (Lipinski definition) is 2. The highest BCUT2D eigenvalue weighted by Crippen LogP contribution is 2.26. The van der Waals surface area contributed by atoms with Crippen molar-refractivity contribution in [3.8, 4) is 11.8 Å². The third kappa shape index (κ3) is 3.26. The summed E-state index contributed by atoms with van der Waals surface area (Å²) < 4.78 is 0. The number of H-pyrrole nitrogens is 2. The molecule has 5 heterocycles. The van der Waals surface area contributed by atoms with E-state index in [1.165, 1.54) is 11.1 Å². The van der Waals surface area contributed by atoms with Gasteiger partial charge in [0.2, 0.25) is 0 Å². The lowest BCUT2D eigenvalue weighted by molar-refractivity contribution is 1.07. The van der Waals surface area contributed by atoms with Crippen LogP contribution in [0.2, 0.25) is 0 Å². The topological polar surface area (TPSA) is 57.4 Å². The fourth-order valence-electron chi connectivity index (χ4n) is 4.75. The van der Waals surface area contributed by atoms with E-state index in [4.69, 9.17) is 9.97 Å². The van der Waals surface area contributed by atoms with Gasteiger partial charge in [-0.3, -0.25) is 0 Å². The lowest BCUT2D eigenvalue weighted by Gasteiger charge is -2.01. The van der Waals surface area contributed by atoms with E-state index in [1.807, 2.05) is 0 Å². The maximum Gasteiger partial charge on any atom is 0.120 e. The molecule has 4 heteroatoms. The molecule has 0 aliphatic carbocycles. The number of rotatable bonds is 4. The summed E-state index contributed by atoms with van der Waals surface area (Å²) in [5.74, 6) is 6.61. The highest BCUT2D eigenvalue weighted by Gasteiger charge is 2.13. The summed E-state index contributed by atoms with van der Waals surface area (Å²) in [5.41, 5.74) is 13.0. The van der Waals surface area contributed by atoms with Gasteiger partial charge in [0.25, 0.3) is 0 Å². The van der Waals surface area contributed by atoms with Crippen molar-refractivity contribution < 1.29 is 0 Å². The predicted molar refractivity (Wildman–Crippen MR) is 133 cm³/mol. The van der Waals surface area contributed by atoms with Crippen LogP contribution < -0.4 is 0 Å². The molecule has 0 amide bonds. The third-order valence-corrected chi connectivity index (χ3v) is 6.44. The van der Waals surface area contributed by atoms with Crippen LogP contribution in [0.5, 0.6) is 0 Å². The molecule has 0 saturated carbocycles. The van der Waals surface area contributed by atoms with Crippen LogP contribution in [0.1, 0.15) is 72.7 Å². The molecule has 5 rings (SSSR count). The Bertz CT molecular complexity index is 1360. The van der Waals surface area contributed by atoms with Crippen molar-refractivity contribution in [1.82, 2.24) is 19.9 Å². The van der Waals surface area contributed by atoms with Crippen molar-refractivity contribution >= 4 is 34.2 Å². The molecule has 3 aromatic rings. The first-order valence-corrected chi connectivity index (χ1v) is 11.6. The van der Waals surface area contributed by atoms with E-state index in [1.54, 1.807) is 0 Å². The molecule has 8 bridgehead atoms. The van der Waals surface area contributed by atoms with Crippen LogP contribution in [-0.4, -0.2) is 19.9 Å². The monoisotopic (exact) mass is 420 g/mol. The average Bonchev–Trinajstić information content (AvgIpc) is 3.59. The van der Waals surface area contributed by atoms with E-state index in [0.717, 1.165) is 81.7 Å². The van der Waals surface area contributed by atoms with E-state index in [-0.39, 0.29) is 0 Å². The minimum absolute atomic E-state index is 0.865. The van der Waals surface area contributed by atoms with Crippen LogP contribution in [0.25, 0.3) is 34.2 Å². The van der Waals surface area contributed by atoms with Crippen molar-refractivity contribution in [1.29, 1.82) is 0 Å². The number of aryl methyl sites for hydroxylation is 4. The molecule has 0 atom stereocenters. The molecular formula is C28H28N4. The molecule has 32 heavy (non-hydrogen) atoms. The number of aromatic amines is 2. The Kier molecular flexibility index (Phi) is 5.19. The van der Waals surface area contributed by atoms with E-state index in [9.17, 15) is 0 Å². The van der Waals surface area contributed by atoms with E-state index in [2.05, 4.69) is 85.9 Å². The molecule has 0 spiro atoms. The highest BCUT2D eigenvalue weighted by atomic mass is 14.8. The summed E-state index contributed by atoms with van der Waals surface area (Å²) in [6.45, 7) is 8.69. The lowest BCUT2D eigenvalue weighted by atomic mass is 10.1. The first kappa shape index (κ1) is 20.3. The van der Waals surface area contributed by atoms with Gasteiger partial charge in [0.05, 0.1) is 11.4 Å². The zero-order valence-corrected chi connectivity index (χ0v) is 19.2. The second kappa shape index (κ2) is 8.16. The lowest BCUT2D eigenvalue weighted by Crippen LogP contribution is -1.93.